The van der Waals surface area contributed by atoms with Crippen LogP contribution < -0.4 is 4.74 Å². The van der Waals surface area contributed by atoms with Gasteiger partial charge in [-0.05, 0) is 60.7 Å². The zero-order valence-corrected chi connectivity index (χ0v) is 20.9. The number of ketones is 1. The van der Waals surface area contributed by atoms with E-state index in [9.17, 15) is 13.2 Å². The molecule has 2 atom stereocenters. The van der Waals surface area contributed by atoms with Gasteiger partial charge in [0.2, 0.25) is 10.0 Å². The molecule has 0 amide bonds. The average Bonchev–Trinajstić information content (AvgIpc) is 3.27. The second kappa shape index (κ2) is 9.76. The third-order valence-corrected chi connectivity index (χ3v) is 8.32. The Morgan fingerprint density at radius 2 is 1.88 bits per heavy atom. The highest BCUT2D eigenvalue weighted by Gasteiger charge is 2.34. The van der Waals surface area contributed by atoms with Crippen LogP contribution in [0.4, 0.5) is 0 Å². The van der Waals surface area contributed by atoms with E-state index in [1.807, 2.05) is 32.0 Å². The molecule has 0 fully saturated rings. The number of aryl methyl sites for hydroxylation is 1. The van der Waals surface area contributed by atoms with Crippen molar-refractivity contribution in [2.24, 2.45) is 0 Å². The highest BCUT2D eigenvalue weighted by atomic mass is 32.2. The number of carbonyl (C=O) groups is 1. The fraction of sp³-hybridized carbons (Fsp3) is 0.370. The number of para-hydroxylation sites is 1. The van der Waals surface area contributed by atoms with E-state index in [2.05, 4.69) is 13.0 Å². The van der Waals surface area contributed by atoms with Gasteiger partial charge in [0.05, 0.1) is 6.54 Å². The number of nitrogens with zero attached hydrogens (tertiary/aromatic N) is 1. The molecule has 0 radical (unpaired) electrons. The van der Waals surface area contributed by atoms with Crippen molar-refractivity contribution in [2.45, 2.75) is 64.0 Å². The van der Waals surface area contributed by atoms with E-state index in [1.165, 1.54) is 11.2 Å². The van der Waals surface area contributed by atoms with Crippen LogP contribution in [0.3, 0.4) is 0 Å². The standard InChI is InChI=1S/C27H31NO5S/c1-5-22-17-28(34(30,31)27-10-8-7-9-26(27)32-22)16-21-15-20(12-11-18(21)3)23(6-2)25-14-13-24(33-25)19(4)29/h7-15,22-23H,5-6,16-17H2,1-4H3/t22-,23?/m1/s1. The van der Waals surface area contributed by atoms with E-state index in [0.717, 1.165) is 28.9 Å². The van der Waals surface area contributed by atoms with E-state index in [0.29, 0.717) is 17.9 Å². The largest absolute Gasteiger partial charge is 0.488 e. The lowest BCUT2D eigenvalue weighted by Gasteiger charge is -2.24. The molecule has 6 nitrogen and oxygen atoms in total. The quantitative estimate of drug-likeness (QED) is 0.405. The number of hydrogen-bond acceptors (Lipinski definition) is 5. The van der Waals surface area contributed by atoms with Gasteiger partial charge >= 0.3 is 0 Å². The molecule has 0 saturated carbocycles. The summed E-state index contributed by atoms with van der Waals surface area (Å²) >= 11 is 0. The summed E-state index contributed by atoms with van der Waals surface area (Å²) < 4.78 is 40.5. The van der Waals surface area contributed by atoms with Crippen LogP contribution in [0.15, 0.2) is 63.9 Å². The Balaban J connectivity index is 1.69. The Morgan fingerprint density at radius 3 is 2.56 bits per heavy atom. The van der Waals surface area contributed by atoms with Crippen molar-refractivity contribution in [2.75, 3.05) is 6.54 Å². The molecule has 0 spiro atoms. The maximum atomic E-state index is 13.6. The molecule has 0 saturated heterocycles. The minimum atomic E-state index is -3.72. The number of ether oxygens (including phenoxy) is 1. The zero-order valence-electron chi connectivity index (χ0n) is 20.1. The van der Waals surface area contributed by atoms with Crippen LogP contribution in [-0.2, 0) is 16.6 Å². The van der Waals surface area contributed by atoms with E-state index in [-0.39, 0.29) is 35.8 Å². The zero-order chi connectivity index (χ0) is 24.5. The first kappa shape index (κ1) is 24.2. The molecular weight excluding hydrogens is 450 g/mol. The summed E-state index contributed by atoms with van der Waals surface area (Å²) in [6, 6.07) is 16.5. The molecule has 0 aliphatic carbocycles. The highest BCUT2D eigenvalue weighted by molar-refractivity contribution is 7.89. The molecule has 7 heteroatoms. The number of furan rings is 1. The van der Waals surface area contributed by atoms with Gasteiger partial charge in [-0.15, -0.1) is 0 Å². The molecule has 3 aromatic rings. The molecule has 1 unspecified atom stereocenters. The van der Waals surface area contributed by atoms with E-state index >= 15 is 0 Å². The first-order chi connectivity index (χ1) is 16.2. The van der Waals surface area contributed by atoms with Crippen LogP contribution in [0.25, 0.3) is 0 Å². The molecule has 0 bridgehead atoms. The number of hydrogen-bond donors (Lipinski definition) is 0. The normalized spacial score (nSPS) is 18.5. The molecule has 4 rings (SSSR count). The predicted molar refractivity (Wildman–Crippen MR) is 131 cm³/mol. The van der Waals surface area contributed by atoms with Gasteiger partial charge in [-0.25, -0.2) is 8.42 Å². The Morgan fingerprint density at radius 1 is 1.12 bits per heavy atom. The lowest BCUT2D eigenvalue weighted by atomic mass is 9.91. The maximum Gasteiger partial charge on any atom is 0.247 e. The Labute approximate surface area is 201 Å². The summed E-state index contributed by atoms with van der Waals surface area (Å²) in [5.41, 5.74) is 2.99. The van der Waals surface area contributed by atoms with Crippen molar-refractivity contribution < 1.29 is 22.4 Å². The second-order valence-electron chi connectivity index (χ2n) is 8.80. The van der Waals surface area contributed by atoms with Crippen LogP contribution in [0.5, 0.6) is 5.75 Å². The summed E-state index contributed by atoms with van der Waals surface area (Å²) in [6.45, 7) is 8.09. The number of Topliss-reactive ketones (excluding diaryl/α,β-unsaturated/α-hetero) is 1. The van der Waals surface area contributed by atoms with E-state index in [1.54, 1.807) is 30.3 Å². The van der Waals surface area contributed by atoms with Gasteiger partial charge in [-0.3, -0.25) is 4.79 Å². The highest BCUT2D eigenvalue weighted by Crippen LogP contribution is 2.34. The lowest BCUT2D eigenvalue weighted by Crippen LogP contribution is -2.36. The molecule has 0 N–H and O–H groups in total. The molecule has 1 aliphatic heterocycles. The number of fused-ring (bicyclic) bond motifs is 1. The van der Waals surface area contributed by atoms with Crippen molar-refractivity contribution in [3.05, 3.63) is 82.8 Å². The Kier molecular flexibility index (Phi) is 6.96. The topological polar surface area (TPSA) is 76.8 Å². The van der Waals surface area contributed by atoms with Gasteiger partial charge in [0.15, 0.2) is 11.5 Å². The molecule has 1 aromatic heterocycles. The number of sulfonamides is 1. The van der Waals surface area contributed by atoms with Crippen LogP contribution >= 0.6 is 0 Å². The summed E-state index contributed by atoms with van der Waals surface area (Å²) in [7, 11) is -3.72. The first-order valence-corrected chi connectivity index (χ1v) is 13.1. The average molecular weight is 482 g/mol. The smallest absolute Gasteiger partial charge is 0.247 e. The third kappa shape index (κ3) is 4.68. The monoisotopic (exact) mass is 481 g/mol. The molecular formula is C27H31NO5S. The van der Waals surface area contributed by atoms with Gasteiger partial charge in [0, 0.05) is 19.4 Å². The SMILES string of the molecule is CCC(c1ccc(C)c(CN2C[C@@H](CC)Oc3ccccc3S2(=O)=O)c1)c1ccc(C(C)=O)o1. The van der Waals surface area contributed by atoms with Crippen molar-refractivity contribution in [3.8, 4) is 5.75 Å². The fourth-order valence-electron chi connectivity index (χ4n) is 4.40. The van der Waals surface area contributed by atoms with Crippen LogP contribution in [-0.4, -0.2) is 31.2 Å². The summed E-state index contributed by atoms with van der Waals surface area (Å²) in [5.74, 6) is 1.36. The Hall–Kier alpha value is -2.90. The van der Waals surface area contributed by atoms with E-state index in [4.69, 9.17) is 9.15 Å². The second-order valence-corrected chi connectivity index (χ2v) is 10.7. The van der Waals surface area contributed by atoms with Crippen molar-refractivity contribution in [1.29, 1.82) is 0 Å². The van der Waals surface area contributed by atoms with Crippen molar-refractivity contribution in [1.82, 2.24) is 4.31 Å². The number of benzene rings is 2. The van der Waals surface area contributed by atoms with Gasteiger partial charge < -0.3 is 9.15 Å². The minimum absolute atomic E-state index is 0.0272. The molecule has 34 heavy (non-hydrogen) atoms. The number of rotatable bonds is 7. The van der Waals surface area contributed by atoms with Crippen LogP contribution in [0.2, 0.25) is 0 Å². The predicted octanol–water partition coefficient (Wildman–Crippen LogP) is 5.69. The van der Waals surface area contributed by atoms with Gasteiger partial charge in [0.25, 0.3) is 0 Å². The maximum absolute atomic E-state index is 13.6. The van der Waals surface area contributed by atoms with Crippen LogP contribution in [0.1, 0.15) is 72.5 Å². The first-order valence-electron chi connectivity index (χ1n) is 11.7. The van der Waals surface area contributed by atoms with Crippen molar-refractivity contribution >= 4 is 15.8 Å². The minimum Gasteiger partial charge on any atom is -0.488 e. The molecule has 180 valence electrons. The van der Waals surface area contributed by atoms with Gasteiger partial charge in [-0.2, -0.15) is 4.31 Å². The van der Waals surface area contributed by atoms with Crippen LogP contribution in [0, 0.1) is 6.92 Å². The van der Waals surface area contributed by atoms with E-state index < -0.39 is 10.0 Å². The van der Waals surface area contributed by atoms with Gasteiger partial charge in [0.1, 0.15) is 22.5 Å². The molecule has 2 heterocycles. The lowest BCUT2D eigenvalue weighted by molar-refractivity contribution is 0.0985. The molecule has 2 aromatic carbocycles. The van der Waals surface area contributed by atoms with Crippen molar-refractivity contribution in [3.63, 3.8) is 0 Å². The summed E-state index contributed by atoms with van der Waals surface area (Å²) in [6.07, 6.45) is 1.27. The van der Waals surface area contributed by atoms with Gasteiger partial charge in [-0.1, -0.05) is 44.2 Å². The number of carbonyl (C=O) groups excluding carboxylic acids is 1. The summed E-state index contributed by atoms with van der Waals surface area (Å²) in [4.78, 5) is 11.9. The third-order valence-electron chi connectivity index (χ3n) is 6.47. The fourth-order valence-corrected chi connectivity index (χ4v) is 5.97. The molecule has 1 aliphatic rings. The Bertz CT molecular complexity index is 1290. The summed E-state index contributed by atoms with van der Waals surface area (Å²) in [5, 5.41) is 0.